The molecule has 120 valence electrons. The Labute approximate surface area is 143 Å². The van der Waals surface area contributed by atoms with Crippen molar-refractivity contribution in [3.8, 4) is 5.40 Å². The van der Waals surface area contributed by atoms with Crippen LogP contribution in [0.3, 0.4) is 0 Å². The van der Waals surface area contributed by atoms with E-state index in [1.165, 1.54) is 0 Å². The average molecular weight is 371 g/mol. The monoisotopic (exact) mass is 370 g/mol. The van der Waals surface area contributed by atoms with Crippen LogP contribution in [0.5, 0.6) is 0 Å². The summed E-state index contributed by atoms with van der Waals surface area (Å²) >= 11 is 6.64. The Balaban J connectivity index is 2.37. The maximum absolute atomic E-state index is 13.2. The van der Waals surface area contributed by atoms with E-state index in [1.54, 1.807) is 18.2 Å². The zero-order valence-electron chi connectivity index (χ0n) is 12.0. The van der Waals surface area contributed by atoms with E-state index in [9.17, 15) is 12.8 Å². The highest BCUT2D eigenvalue weighted by Crippen LogP contribution is 2.27. The maximum Gasteiger partial charge on any atom is 0.261 e. The molecule has 0 aliphatic rings. The molecule has 23 heavy (non-hydrogen) atoms. The number of thioether (sulfide) groups is 1. The van der Waals surface area contributed by atoms with Crippen molar-refractivity contribution in [2.45, 2.75) is 23.1 Å². The van der Waals surface area contributed by atoms with Gasteiger partial charge in [0.25, 0.3) is 10.0 Å². The summed E-state index contributed by atoms with van der Waals surface area (Å²) < 4.78 is 40.4. The van der Waals surface area contributed by atoms with Gasteiger partial charge in [0.15, 0.2) is 0 Å². The van der Waals surface area contributed by atoms with Gasteiger partial charge in [0.05, 0.1) is 15.6 Å². The predicted molar refractivity (Wildman–Crippen MR) is 89.5 cm³/mol. The molecule has 0 aliphatic heterocycles. The molecule has 8 heteroatoms. The summed E-state index contributed by atoms with van der Waals surface area (Å²) in [5.41, 5.74) is 1.16. The third kappa shape index (κ3) is 4.16. The lowest BCUT2D eigenvalue weighted by Crippen LogP contribution is -2.14. The summed E-state index contributed by atoms with van der Waals surface area (Å²) in [5, 5.41) is 10.4. The second-order valence-corrected chi connectivity index (χ2v) is 7.49. The van der Waals surface area contributed by atoms with Gasteiger partial charge < -0.3 is 0 Å². The van der Waals surface area contributed by atoms with Gasteiger partial charge in [0.1, 0.15) is 11.2 Å². The largest absolute Gasteiger partial charge is 0.279 e. The second-order valence-electron chi connectivity index (χ2n) is 4.55. The van der Waals surface area contributed by atoms with Crippen molar-refractivity contribution in [2.75, 3.05) is 4.72 Å². The molecule has 1 N–H and O–H groups in total. The van der Waals surface area contributed by atoms with Crippen LogP contribution in [0.2, 0.25) is 5.02 Å². The van der Waals surface area contributed by atoms with Crippen LogP contribution in [0, 0.1) is 16.5 Å². The molecule has 0 unspecified atom stereocenters. The second kappa shape index (κ2) is 7.21. The molecule has 0 fully saturated rings. The Bertz CT molecular complexity index is 880. The first-order valence-corrected chi connectivity index (χ1v) is 9.22. The number of rotatable bonds is 5. The van der Waals surface area contributed by atoms with Crippen LogP contribution in [0.1, 0.15) is 12.5 Å². The Hall–Kier alpha value is -1.75. The highest BCUT2D eigenvalue weighted by Gasteiger charge is 2.17. The Morgan fingerprint density at radius 3 is 2.65 bits per heavy atom. The fraction of sp³-hybridized carbons (Fsp3) is 0.133. The van der Waals surface area contributed by atoms with Crippen molar-refractivity contribution in [3.63, 3.8) is 0 Å². The third-order valence-electron chi connectivity index (χ3n) is 3.07. The third-order valence-corrected chi connectivity index (χ3v) is 5.30. The molecule has 2 aromatic carbocycles. The lowest BCUT2D eigenvalue weighted by Gasteiger charge is -2.13. The summed E-state index contributed by atoms with van der Waals surface area (Å²) in [6.45, 7) is 1.88. The normalized spacial score (nSPS) is 11.0. The number of benzene rings is 2. The van der Waals surface area contributed by atoms with Crippen molar-refractivity contribution in [1.82, 2.24) is 0 Å². The summed E-state index contributed by atoms with van der Waals surface area (Å²) in [6, 6.07) is 8.22. The molecule has 0 aromatic heterocycles. The van der Waals surface area contributed by atoms with Crippen LogP contribution in [0.15, 0.2) is 46.2 Å². The number of nitriles is 1. The molecule has 0 heterocycles. The van der Waals surface area contributed by atoms with E-state index in [4.69, 9.17) is 16.9 Å². The number of hydrogen-bond acceptors (Lipinski definition) is 4. The minimum Gasteiger partial charge on any atom is -0.279 e. The molecule has 2 aromatic rings. The summed E-state index contributed by atoms with van der Waals surface area (Å²) in [7, 11) is -3.88. The molecule has 0 atom stereocenters. The molecule has 0 amide bonds. The summed E-state index contributed by atoms with van der Waals surface area (Å²) in [4.78, 5) is 0.610. The fourth-order valence-electron chi connectivity index (χ4n) is 1.93. The van der Waals surface area contributed by atoms with Crippen LogP contribution in [-0.2, 0) is 16.4 Å². The molecular formula is C15H12ClFN2O2S2. The lowest BCUT2D eigenvalue weighted by atomic mass is 10.1. The number of aryl methyl sites for hydroxylation is 1. The molecule has 0 saturated heterocycles. The minimum absolute atomic E-state index is 0.124. The number of hydrogen-bond donors (Lipinski definition) is 1. The molecular weight excluding hydrogens is 359 g/mol. The number of sulfonamides is 1. The molecule has 4 nitrogen and oxygen atoms in total. The van der Waals surface area contributed by atoms with E-state index < -0.39 is 15.8 Å². The zero-order chi connectivity index (χ0) is 17.0. The lowest BCUT2D eigenvalue weighted by molar-refractivity contribution is 0.599. The van der Waals surface area contributed by atoms with E-state index in [0.717, 1.165) is 40.4 Å². The van der Waals surface area contributed by atoms with Crippen molar-refractivity contribution >= 4 is 39.1 Å². The highest BCUT2D eigenvalue weighted by atomic mass is 35.5. The number of anilines is 1. The fourth-order valence-corrected chi connectivity index (χ4v) is 3.74. The van der Waals surface area contributed by atoms with Crippen LogP contribution in [0.25, 0.3) is 0 Å². The van der Waals surface area contributed by atoms with Crippen molar-refractivity contribution in [3.05, 3.63) is 52.8 Å². The van der Waals surface area contributed by atoms with Gasteiger partial charge >= 0.3 is 0 Å². The topological polar surface area (TPSA) is 70.0 Å². The van der Waals surface area contributed by atoms with E-state index in [-0.39, 0.29) is 9.92 Å². The maximum atomic E-state index is 13.2. The van der Waals surface area contributed by atoms with Crippen LogP contribution < -0.4 is 4.72 Å². The van der Waals surface area contributed by atoms with Gasteiger partial charge in [-0.05, 0) is 60.1 Å². The van der Waals surface area contributed by atoms with Gasteiger partial charge in [-0.2, -0.15) is 5.26 Å². The zero-order valence-corrected chi connectivity index (χ0v) is 14.4. The summed E-state index contributed by atoms with van der Waals surface area (Å²) in [6.07, 6.45) is 0.585. The van der Waals surface area contributed by atoms with E-state index >= 15 is 0 Å². The minimum atomic E-state index is -3.88. The number of halogens is 2. The van der Waals surface area contributed by atoms with Gasteiger partial charge in [-0.1, -0.05) is 18.5 Å². The van der Waals surface area contributed by atoms with Gasteiger partial charge in [-0.3, -0.25) is 4.72 Å². The number of nitrogens with zero attached hydrogens (tertiary/aromatic N) is 1. The first kappa shape index (κ1) is 17.6. The molecule has 0 saturated carbocycles. The van der Waals surface area contributed by atoms with Gasteiger partial charge in [-0.25, -0.2) is 12.8 Å². The van der Waals surface area contributed by atoms with Crippen molar-refractivity contribution in [2.24, 2.45) is 0 Å². The van der Waals surface area contributed by atoms with E-state index in [1.807, 2.05) is 12.3 Å². The molecule has 0 bridgehead atoms. The van der Waals surface area contributed by atoms with E-state index in [0.29, 0.717) is 12.1 Å². The van der Waals surface area contributed by atoms with Gasteiger partial charge in [0, 0.05) is 4.90 Å². The number of thiocyanates is 1. The quantitative estimate of drug-likeness (QED) is 0.625. The van der Waals surface area contributed by atoms with Gasteiger partial charge in [0.2, 0.25) is 0 Å². The summed E-state index contributed by atoms with van der Waals surface area (Å²) in [5.74, 6) is -0.683. The smallest absolute Gasteiger partial charge is 0.261 e. The molecule has 0 aliphatic carbocycles. The Kier molecular flexibility index (Phi) is 5.52. The van der Waals surface area contributed by atoms with Gasteiger partial charge in [-0.15, -0.1) is 0 Å². The molecule has 0 spiro atoms. The number of nitrogens with one attached hydrogen (secondary N) is 1. The molecule has 2 rings (SSSR count). The first-order chi connectivity index (χ1) is 10.9. The standard InChI is InChI=1S/C15H12ClFN2O2S2/c1-2-10-7-11(22-9-18)3-6-15(10)19-23(20,21)12-4-5-14(17)13(16)8-12/h3-8,19H,2H2,1H3. The van der Waals surface area contributed by atoms with Crippen LogP contribution in [0.4, 0.5) is 10.1 Å². The Morgan fingerprint density at radius 2 is 2.04 bits per heavy atom. The van der Waals surface area contributed by atoms with Crippen molar-refractivity contribution in [1.29, 1.82) is 5.26 Å². The SMILES string of the molecule is CCc1cc(SC#N)ccc1NS(=O)(=O)c1ccc(F)c(Cl)c1. The van der Waals surface area contributed by atoms with E-state index in [2.05, 4.69) is 4.72 Å². The average Bonchev–Trinajstić information content (AvgIpc) is 2.51. The first-order valence-electron chi connectivity index (χ1n) is 6.54. The highest BCUT2D eigenvalue weighted by molar-refractivity contribution is 8.03. The Morgan fingerprint density at radius 1 is 1.30 bits per heavy atom. The van der Waals surface area contributed by atoms with Crippen LogP contribution >= 0.6 is 23.4 Å². The molecule has 0 radical (unpaired) electrons. The van der Waals surface area contributed by atoms with Crippen molar-refractivity contribution < 1.29 is 12.8 Å². The van der Waals surface area contributed by atoms with Crippen LogP contribution in [-0.4, -0.2) is 8.42 Å². The predicted octanol–water partition coefficient (Wildman–Crippen LogP) is 4.42.